The van der Waals surface area contributed by atoms with Crippen molar-refractivity contribution in [2.75, 3.05) is 19.6 Å². The molecular formula is C18H22N4O4S. The molecule has 27 heavy (non-hydrogen) atoms. The van der Waals surface area contributed by atoms with E-state index < -0.39 is 14.9 Å². The minimum Gasteiger partial charge on any atom is -0.299 e. The number of sulfonamides is 1. The first-order valence-corrected chi connectivity index (χ1v) is 10.3. The number of hydrogen-bond acceptors (Lipinski definition) is 6. The van der Waals surface area contributed by atoms with Crippen LogP contribution in [0.25, 0.3) is 0 Å². The van der Waals surface area contributed by atoms with Crippen LogP contribution >= 0.6 is 0 Å². The normalized spacial score (nSPS) is 16.3. The summed E-state index contributed by atoms with van der Waals surface area (Å²) in [7, 11) is -3.75. The Hall–Kier alpha value is -2.36. The van der Waals surface area contributed by atoms with Crippen LogP contribution in [0.5, 0.6) is 0 Å². The van der Waals surface area contributed by atoms with Gasteiger partial charge in [-0.2, -0.15) is 0 Å². The number of likely N-dealkylation sites (tertiary alicyclic amines) is 1. The van der Waals surface area contributed by atoms with Crippen molar-refractivity contribution in [2.24, 2.45) is 5.92 Å². The second-order valence-electron chi connectivity index (χ2n) is 6.69. The van der Waals surface area contributed by atoms with Gasteiger partial charge in [-0.3, -0.25) is 20.0 Å². The van der Waals surface area contributed by atoms with E-state index in [0.29, 0.717) is 6.54 Å². The van der Waals surface area contributed by atoms with Gasteiger partial charge in [-0.1, -0.05) is 12.1 Å². The summed E-state index contributed by atoms with van der Waals surface area (Å²) in [6, 6.07) is 9.07. The van der Waals surface area contributed by atoms with E-state index >= 15 is 0 Å². The van der Waals surface area contributed by atoms with Crippen LogP contribution in [0.4, 0.5) is 5.69 Å². The topological polar surface area (TPSA) is 105 Å². The van der Waals surface area contributed by atoms with Crippen molar-refractivity contribution >= 4 is 15.7 Å². The number of benzene rings is 1. The zero-order valence-electron chi connectivity index (χ0n) is 14.8. The number of piperidine rings is 1. The summed E-state index contributed by atoms with van der Waals surface area (Å²) in [5, 5.41) is 10.8. The summed E-state index contributed by atoms with van der Waals surface area (Å²) < 4.78 is 27.4. The fraction of sp³-hybridized carbons (Fsp3) is 0.389. The van der Waals surface area contributed by atoms with Crippen LogP contribution in [-0.4, -0.2) is 42.9 Å². The van der Waals surface area contributed by atoms with Gasteiger partial charge in [-0.15, -0.1) is 0 Å². The number of aromatic nitrogens is 1. The lowest BCUT2D eigenvalue weighted by Gasteiger charge is -2.31. The van der Waals surface area contributed by atoms with E-state index in [4.69, 9.17) is 0 Å². The molecule has 1 N–H and O–H groups in total. The quantitative estimate of drug-likeness (QED) is 0.574. The highest BCUT2D eigenvalue weighted by Gasteiger charge is 2.23. The average molecular weight is 390 g/mol. The number of nitro benzene ring substituents is 1. The van der Waals surface area contributed by atoms with Crippen LogP contribution in [0.15, 0.2) is 53.7 Å². The van der Waals surface area contributed by atoms with E-state index in [-0.39, 0.29) is 16.5 Å². The van der Waals surface area contributed by atoms with Gasteiger partial charge in [-0.25, -0.2) is 13.1 Å². The van der Waals surface area contributed by atoms with E-state index in [9.17, 15) is 18.5 Å². The van der Waals surface area contributed by atoms with Crippen molar-refractivity contribution in [3.63, 3.8) is 0 Å². The van der Waals surface area contributed by atoms with E-state index in [2.05, 4.69) is 14.6 Å². The largest absolute Gasteiger partial charge is 0.299 e. The second-order valence-corrected chi connectivity index (χ2v) is 8.45. The smallest absolute Gasteiger partial charge is 0.270 e. The lowest BCUT2D eigenvalue weighted by atomic mass is 9.97. The van der Waals surface area contributed by atoms with Crippen molar-refractivity contribution in [2.45, 2.75) is 24.3 Å². The Bertz CT molecular complexity index is 881. The third-order valence-electron chi connectivity index (χ3n) is 4.74. The lowest BCUT2D eigenvalue weighted by Crippen LogP contribution is -2.38. The molecule has 0 saturated carbocycles. The van der Waals surface area contributed by atoms with Crippen LogP contribution in [0.3, 0.4) is 0 Å². The first kappa shape index (κ1) is 19.4. The number of nitrogens with one attached hydrogen (secondary N) is 1. The molecule has 144 valence electrons. The third-order valence-corrected chi connectivity index (χ3v) is 6.16. The number of pyridine rings is 1. The Labute approximate surface area is 158 Å². The molecule has 0 atom stereocenters. The maximum absolute atomic E-state index is 12.4. The van der Waals surface area contributed by atoms with Gasteiger partial charge in [0.05, 0.1) is 9.82 Å². The van der Waals surface area contributed by atoms with Crippen molar-refractivity contribution < 1.29 is 13.3 Å². The standard InChI is InChI=1S/C18H22N4O4S/c23-22(24)17-4-1-5-18(11-17)27(25,26)20-13-15-6-9-21(10-7-15)14-16-3-2-8-19-12-16/h1-5,8,11-12,15,20H,6-7,9-10,13-14H2. The van der Waals surface area contributed by atoms with Crippen molar-refractivity contribution in [3.05, 3.63) is 64.5 Å². The average Bonchev–Trinajstić information content (AvgIpc) is 2.68. The molecule has 9 heteroatoms. The van der Waals surface area contributed by atoms with E-state index in [1.54, 1.807) is 6.20 Å². The van der Waals surface area contributed by atoms with Crippen molar-refractivity contribution in [1.29, 1.82) is 0 Å². The summed E-state index contributed by atoms with van der Waals surface area (Å²) in [5.41, 5.74) is 0.934. The third kappa shape index (κ3) is 5.31. The molecule has 0 spiro atoms. The van der Waals surface area contributed by atoms with Crippen molar-refractivity contribution in [3.8, 4) is 0 Å². The minimum atomic E-state index is -3.75. The summed E-state index contributed by atoms with van der Waals surface area (Å²) in [4.78, 5) is 16.6. The molecule has 0 aliphatic carbocycles. The number of rotatable bonds is 7. The molecule has 1 aromatic carbocycles. The Morgan fingerprint density at radius 3 is 2.67 bits per heavy atom. The molecular weight excluding hydrogens is 368 g/mol. The summed E-state index contributed by atoms with van der Waals surface area (Å²) >= 11 is 0. The van der Waals surface area contributed by atoms with Crippen molar-refractivity contribution in [1.82, 2.24) is 14.6 Å². The predicted octanol–water partition coefficient (Wildman–Crippen LogP) is 2.18. The number of hydrogen-bond donors (Lipinski definition) is 1. The molecule has 1 fully saturated rings. The maximum atomic E-state index is 12.4. The highest BCUT2D eigenvalue weighted by atomic mass is 32.2. The Morgan fingerprint density at radius 1 is 1.22 bits per heavy atom. The van der Waals surface area contributed by atoms with Gasteiger partial charge in [0.15, 0.2) is 0 Å². The highest BCUT2D eigenvalue weighted by molar-refractivity contribution is 7.89. The van der Waals surface area contributed by atoms with Gasteiger partial charge in [0, 0.05) is 37.6 Å². The zero-order valence-corrected chi connectivity index (χ0v) is 15.6. The summed E-state index contributed by atoms with van der Waals surface area (Å²) in [5.74, 6) is 0.253. The van der Waals surface area contributed by atoms with Gasteiger partial charge in [0.25, 0.3) is 5.69 Å². The monoisotopic (exact) mass is 390 g/mol. The van der Waals surface area contributed by atoms with Gasteiger partial charge in [0.1, 0.15) is 0 Å². The number of nitrogens with zero attached hydrogens (tertiary/aromatic N) is 3. The first-order valence-electron chi connectivity index (χ1n) is 8.79. The van der Waals surface area contributed by atoms with Gasteiger partial charge < -0.3 is 0 Å². The van der Waals surface area contributed by atoms with Crippen LogP contribution in [0, 0.1) is 16.0 Å². The molecule has 1 aliphatic heterocycles. The van der Waals surface area contributed by atoms with E-state index in [0.717, 1.165) is 38.5 Å². The molecule has 1 saturated heterocycles. The Kier molecular flexibility index (Phi) is 6.15. The lowest BCUT2D eigenvalue weighted by molar-refractivity contribution is -0.385. The summed E-state index contributed by atoms with van der Waals surface area (Å²) in [6.45, 7) is 2.99. The summed E-state index contributed by atoms with van der Waals surface area (Å²) in [6.07, 6.45) is 5.41. The maximum Gasteiger partial charge on any atom is 0.270 e. The first-order chi connectivity index (χ1) is 12.9. The molecule has 0 radical (unpaired) electrons. The molecule has 8 nitrogen and oxygen atoms in total. The van der Waals surface area contributed by atoms with Crippen LogP contribution in [0.1, 0.15) is 18.4 Å². The number of non-ortho nitro benzene ring substituents is 1. The molecule has 0 unspecified atom stereocenters. The van der Waals surface area contributed by atoms with Gasteiger partial charge >= 0.3 is 0 Å². The molecule has 3 rings (SSSR count). The minimum absolute atomic E-state index is 0.0780. The second kappa shape index (κ2) is 8.55. The SMILES string of the molecule is O=[N+]([O-])c1cccc(S(=O)(=O)NCC2CCN(Cc3cccnc3)CC2)c1. The van der Waals surface area contributed by atoms with Gasteiger partial charge in [-0.05, 0) is 49.5 Å². The predicted molar refractivity (Wildman–Crippen MR) is 101 cm³/mol. The van der Waals surface area contributed by atoms with E-state index in [1.165, 1.54) is 23.8 Å². The van der Waals surface area contributed by atoms with E-state index in [1.807, 2.05) is 18.3 Å². The molecule has 0 amide bonds. The van der Waals surface area contributed by atoms with Gasteiger partial charge in [0.2, 0.25) is 10.0 Å². The fourth-order valence-corrected chi connectivity index (χ4v) is 4.33. The van der Waals surface area contributed by atoms with Crippen LogP contribution in [0.2, 0.25) is 0 Å². The Balaban J connectivity index is 1.50. The zero-order chi connectivity index (χ0) is 19.3. The molecule has 2 aromatic rings. The molecule has 0 bridgehead atoms. The van der Waals surface area contributed by atoms with Crippen LogP contribution < -0.4 is 4.72 Å². The number of nitro groups is 1. The highest BCUT2D eigenvalue weighted by Crippen LogP contribution is 2.20. The Morgan fingerprint density at radius 2 is 2.00 bits per heavy atom. The van der Waals surface area contributed by atoms with Crippen LogP contribution in [-0.2, 0) is 16.6 Å². The molecule has 1 aliphatic rings. The molecule has 2 heterocycles. The fourth-order valence-electron chi connectivity index (χ4n) is 3.17. The molecule has 1 aromatic heterocycles.